The van der Waals surface area contributed by atoms with Gasteiger partial charge in [0.1, 0.15) is 5.69 Å². The maximum atomic E-state index is 13.6. The van der Waals surface area contributed by atoms with E-state index in [1.807, 2.05) is 18.2 Å². The van der Waals surface area contributed by atoms with E-state index in [0.29, 0.717) is 38.9 Å². The van der Waals surface area contributed by atoms with Gasteiger partial charge in [0.25, 0.3) is 5.91 Å². The zero-order valence-corrected chi connectivity index (χ0v) is 19.1. The fourth-order valence-corrected chi connectivity index (χ4v) is 4.13. The Balaban J connectivity index is 1.44. The van der Waals surface area contributed by atoms with Gasteiger partial charge < -0.3 is 5.32 Å². The molecule has 1 aliphatic rings. The summed E-state index contributed by atoms with van der Waals surface area (Å²) in [5.74, 6) is -0.617. The Labute approximate surface area is 197 Å². The van der Waals surface area contributed by atoms with Crippen molar-refractivity contribution in [1.82, 2.24) is 24.4 Å². The summed E-state index contributed by atoms with van der Waals surface area (Å²) < 4.78 is 43.3. The molecule has 5 rings (SSSR count). The molecule has 0 atom stereocenters. The average Bonchev–Trinajstić information content (AvgIpc) is 3.47. The molecule has 0 aliphatic heterocycles. The van der Waals surface area contributed by atoms with Gasteiger partial charge in [0.2, 0.25) is 0 Å². The maximum absolute atomic E-state index is 13.6. The number of halogens is 4. The van der Waals surface area contributed by atoms with Gasteiger partial charge >= 0.3 is 6.18 Å². The number of anilines is 1. The van der Waals surface area contributed by atoms with Crippen LogP contribution < -0.4 is 5.32 Å². The summed E-state index contributed by atoms with van der Waals surface area (Å²) in [6, 6.07) is 9.66. The fraction of sp³-hybridized carbons (Fsp3) is 0.304. The van der Waals surface area contributed by atoms with Crippen LogP contribution in [0.1, 0.15) is 57.6 Å². The predicted molar refractivity (Wildman–Crippen MR) is 120 cm³/mol. The number of carbonyl (C=O) groups excluding carboxylic acids is 1. The molecule has 1 aromatic carbocycles. The number of alkyl halides is 3. The molecule has 176 valence electrons. The van der Waals surface area contributed by atoms with E-state index in [2.05, 4.69) is 20.5 Å². The zero-order chi connectivity index (χ0) is 24.2. The number of carbonyl (C=O) groups is 1. The first-order chi connectivity index (χ1) is 16.1. The molecule has 0 spiro atoms. The number of hydrogen-bond acceptors (Lipinski definition) is 4. The van der Waals surface area contributed by atoms with Crippen LogP contribution in [0.25, 0.3) is 5.65 Å². The van der Waals surface area contributed by atoms with Crippen LogP contribution in [-0.4, -0.2) is 30.3 Å². The normalized spacial score (nSPS) is 14.1. The molecule has 0 saturated heterocycles. The van der Waals surface area contributed by atoms with E-state index in [0.717, 1.165) is 24.5 Å². The Bertz CT molecular complexity index is 1420. The quantitative estimate of drug-likeness (QED) is 0.408. The lowest BCUT2D eigenvalue weighted by molar-refractivity contribution is -0.142. The molecule has 11 heteroatoms. The van der Waals surface area contributed by atoms with Crippen LogP contribution in [0.3, 0.4) is 0 Å². The molecule has 4 aromatic rings. The molecule has 0 radical (unpaired) electrons. The van der Waals surface area contributed by atoms with Crippen LogP contribution >= 0.6 is 11.6 Å². The standard InChI is InChI=1S/C23H20ClF3N6O/c1-12-21(13(2)32(30-12)11-14-4-3-5-16(24)8-14)29-22(34)18-10-20-28-17(15-6-7-15)9-19(23(25,26)27)33(20)31-18/h3-5,8-10,15H,6-7,11H2,1-2H3,(H,29,34). The molecule has 1 aliphatic carbocycles. The lowest BCUT2D eigenvalue weighted by atomic mass is 10.2. The van der Waals surface area contributed by atoms with Gasteiger partial charge in [-0.15, -0.1) is 0 Å². The lowest BCUT2D eigenvalue weighted by Crippen LogP contribution is -2.16. The van der Waals surface area contributed by atoms with E-state index >= 15 is 0 Å². The Hall–Kier alpha value is -3.40. The molecule has 34 heavy (non-hydrogen) atoms. The molecule has 1 saturated carbocycles. The molecule has 1 amide bonds. The molecule has 1 fully saturated rings. The van der Waals surface area contributed by atoms with Crippen LogP contribution in [0, 0.1) is 13.8 Å². The smallest absolute Gasteiger partial charge is 0.317 e. The van der Waals surface area contributed by atoms with Crippen LogP contribution in [-0.2, 0) is 12.7 Å². The summed E-state index contributed by atoms with van der Waals surface area (Å²) in [6.45, 7) is 3.99. The Morgan fingerprint density at radius 2 is 1.94 bits per heavy atom. The molecular formula is C23H20ClF3N6O. The van der Waals surface area contributed by atoms with Crippen molar-refractivity contribution in [2.75, 3.05) is 5.32 Å². The lowest BCUT2D eigenvalue weighted by Gasteiger charge is -2.10. The van der Waals surface area contributed by atoms with Crippen LogP contribution in [0.15, 0.2) is 36.4 Å². The van der Waals surface area contributed by atoms with E-state index < -0.39 is 17.8 Å². The summed E-state index contributed by atoms with van der Waals surface area (Å²) in [5, 5.41) is 11.8. The summed E-state index contributed by atoms with van der Waals surface area (Å²) in [6.07, 6.45) is -3.02. The predicted octanol–water partition coefficient (Wildman–Crippen LogP) is 5.39. The van der Waals surface area contributed by atoms with Crippen molar-refractivity contribution in [1.29, 1.82) is 0 Å². The topological polar surface area (TPSA) is 77.1 Å². The third-order valence-corrected chi connectivity index (χ3v) is 6.04. The number of nitrogens with zero attached hydrogens (tertiary/aromatic N) is 5. The van der Waals surface area contributed by atoms with Gasteiger partial charge in [0.05, 0.1) is 23.6 Å². The first kappa shape index (κ1) is 22.4. The minimum Gasteiger partial charge on any atom is -0.317 e. The van der Waals surface area contributed by atoms with Crippen molar-refractivity contribution in [3.8, 4) is 0 Å². The number of hydrogen-bond donors (Lipinski definition) is 1. The monoisotopic (exact) mass is 488 g/mol. The minimum absolute atomic E-state index is 0.00743. The van der Waals surface area contributed by atoms with Gasteiger partial charge in [-0.1, -0.05) is 23.7 Å². The van der Waals surface area contributed by atoms with Crippen molar-refractivity contribution in [2.45, 2.75) is 45.3 Å². The molecule has 1 N–H and O–H groups in total. The average molecular weight is 489 g/mol. The van der Waals surface area contributed by atoms with Gasteiger partial charge in [-0.05, 0) is 50.5 Å². The van der Waals surface area contributed by atoms with Crippen molar-refractivity contribution >= 4 is 28.8 Å². The van der Waals surface area contributed by atoms with E-state index in [1.54, 1.807) is 24.6 Å². The Morgan fingerprint density at radius 1 is 1.18 bits per heavy atom. The number of nitrogens with one attached hydrogen (secondary N) is 1. The zero-order valence-electron chi connectivity index (χ0n) is 18.3. The highest BCUT2D eigenvalue weighted by atomic mass is 35.5. The second-order valence-corrected chi connectivity index (χ2v) is 8.86. The van der Waals surface area contributed by atoms with Crippen LogP contribution in [0.2, 0.25) is 5.02 Å². The first-order valence-electron chi connectivity index (χ1n) is 10.7. The molecule has 3 heterocycles. The van der Waals surface area contributed by atoms with E-state index in [-0.39, 0.29) is 17.3 Å². The highest BCUT2D eigenvalue weighted by Gasteiger charge is 2.37. The summed E-state index contributed by atoms with van der Waals surface area (Å²) >= 11 is 6.06. The first-order valence-corrected chi connectivity index (χ1v) is 11.1. The maximum Gasteiger partial charge on any atom is 0.433 e. The van der Waals surface area contributed by atoms with Gasteiger partial charge in [0.15, 0.2) is 11.3 Å². The number of aromatic nitrogens is 5. The second kappa shape index (κ2) is 8.12. The summed E-state index contributed by atoms with van der Waals surface area (Å²) in [4.78, 5) is 17.2. The molecule has 7 nitrogen and oxygen atoms in total. The highest BCUT2D eigenvalue weighted by molar-refractivity contribution is 6.30. The molecule has 0 unspecified atom stereocenters. The largest absolute Gasteiger partial charge is 0.433 e. The SMILES string of the molecule is Cc1nn(Cc2cccc(Cl)c2)c(C)c1NC(=O)c1cc2nc(C3CC3)cc(C(F)(F)F)n2n1. The highest BCUT2D eigenvalue weighted by Crippen LogP contribution is 2.41. The van der Waals surface area contributed by atoms with E-state index in [4.69, 9.17) is 11.6 Å². The Morgan fingerprint density at radius 3 is 2.62 bits per heavy atom. The molecular weight excluding hydrogens is 469 g/mol. The minimum atomic E-state index is -4.63. The number of fused-ring (bicyclic) bond motifs is 1. The van der Waals surface area contributed by atoms with Crippen LogP contribution in [0.4, 0.5) is 18.9 Å². The van der Waals surface area contributed by atoms with Crippen molar-refractivity contribution in [2.24, 2.45) is 0 Å². The van der Waals surface area contributed by atoms with E-state index in [1.165, 1.54) is 6.07 Å². The third kappa shape index (κ3) is 4.25. The second-order valence-electron chi connectivity index (χ2n) is 8.43. The van der Waals surface area contributed by atoms with Gasteiger partial charge in [-0.2, -0.15) is 23.4 Å². The summed E-state index contributed by atoms with van der Waals surface area (Å²) in [7, 11) is 0. The van der Waals surface area contributed by atoms with Crippen LogP contribution in [0.5, 0.6) is 0 Å². The molecule has 0 bridgehead atoms. The number of benzene rings is 1. The van der Waals surface area contributed by atoms with Gasteiger partial charge in [0, 0.05) is 22.7 Å². The number of aryl methyl sites for hydroxylation is 1. The molecule has 3 aromatic heterocycles. The van der Waals surface area contributed by atoms with Crippen molar-refractivity contribution in [3.05, 3.63) is 75.5 Å². The van der Waals surface area contributed by atoms with Crippen molar-refractivity contribution in [3.63, 3.8) is 0 Å². The fourth-order valence-electron chi connectivity index (χ4n) is 3.91. The third-order valence-electron chi connectivity index (χ3n) is 5.81. The number of rotatable bonds is 5. The number of amides is 1. The van der Waals surface area contributed by atoms with Gasteiger partial charge in [-0.25, -0.2) is 9.50 Å². The van der Waals surface area contributed by atoms with E-state index in [9.17, 15) is 18.0 Å². The summed E-state index contributed by atoms with van der Waals surface area (Å²) in [5.41, 5.74) is 1.95. The Kier molecular flexibility index (Phi) is 5.35. The van der Waals surface area contributed by atoms with Crippen molar-refractivity contribution < 1.29 is 18.0 Å². The van der Waals surface area contributed by atoms with Gasteiger partial charge in [-0.3, -0.25) is 9.48 Å².